The van der Waals surface area contributed by atoms with Crippen molar-refractivity contribution in [3.63, 3.8) is 0 Å². The Labute approximate surface area is 434 Å². The van der Waals surface area contributed by atoms with E-state index in [1.165, 1.54) is 25.7 Å². The second kappa shape index (κ2) is 57.1. The van der Waals surface area contributed by atoms with Gasteiger partial charge in [0.15, 0.2) is 6.10 Å². The summed E-state index contributed by atoms with van der Waals surface area (Å²) in [5.41, 5.74) is 0. The molecule has 0 spiro atoms. The van der Waals surface area contributed by atoms with Gasteiger partial charge >= 0.3 is 17.9 Å². The molecule has 0 saturated carbocycles. The SMILES string of the molecule is CC\C=C/C=C\C=C/C=C\C=C\C=C/CCCCCC(=O)OC(COC(=O)CCC/C=C\C/C=C\C/C=C\C/C=C\CCCCC)COC(=O)CCCCC/C=C\C/C=C\C/C=C\C/C=C\C/C=C\CC. The van der Waals surface area contributed by atoms with Gasteiger partial charge in [0.1, 0.15) is 13.2 Å². The van der Waals surface area contributed by atoms with Crippen molar-refractivity contribution in [2.45, 2.75) is 194 Å². The average Bonchev–Trinajstić information content (AvgIpc) is 3.37. The van der Waals surface area contributed by atoms with Crippen LogP contribution < -0.4 is 0 Å². The Balaban J connectivity index is 4.67. The van der Waals surface area contributed by atoms with Gasteiger partial charge in [-0.2, -0.15) is 0 Å². The summed E-state index contributed by atoms with van der Waals surface area (Å²) >= 11 is 0. The van der Waals surface area contributed by atoms with Crippen LogP contribution in [-0.2, 0) is 28.6 Å². The smallest absolute Gasteiger partial charge is 0.306 e. The number of carbonyl (C=O) groups is 3. The molecule has 0 aromatic rings. The first-order valence-electron chi connectivity index (χ1n) is 27.4. The van der Waals surface area contributed by atoms with Gasteiger partial charge in [-0.3, -0.25) is 14.4 Å². The molecule has 392 valence electrons. The molecule has 71 heavy (non-hydrogen) atoms. The minimum atomic E-state index is -0.849. The molecule has 0 radical (unpaired) electrons. The number of allylic oxidation sites excluding steroid dienone is 30. The fourth-order valence-electron chi connectivity index (χ4n) is 6.49. The zero-order chi connectivity index (χ0) is 51.4. The maximum absolute atomic E-state index is 12.8. The summed E-state index contributed by atoms with van der Waals surface area (Å²) in [5.74, 6) is -1.09. The van der Waals surface area contributed by atoms with Gasteiger partial charge in [0.05, 0.1) is 0 Å². The molecule has 0 bridgehead atoms. The number of hydrogen-bond acceptors (Lipinski definition) is 6. The molecule has 6 heteroatoms. The Hall–Kier alpha value is -5.49. The molecule has 1 atom stereocenters. The zero-order valence-corrected chi connectivity index (χ0v) is 44.6. The van der Waals surface area contributed by atoms with Crippen molar-refractivity contribution in [3.05, 3.63) is 182 Å². The number of ether oxygens (including phenoxy) is 3. The van der Waals surface area contributed by atoms with E-state index in [9.17, 15) is 14.4 Å². The Bertz CT molecular complexity index is 1730. The summed E-state index contributed by atoms with van der Waals surface area (Å²) < 4.78 is 16.7. The highest BCUT2D eigenvalue weighted by Gasteiger charge is 2.19. The summed E-state index contributed by atoms with van der Waals surface area (Å²) in [7, 11) is 0. The van der Waals surface area contributed by atoms with Crippen LogP contribution in [0.5, 0.6) is 0 Å². The predicted molar refractivity (Wildman–Crippen MR) is 306 cm³/mol. The van der Waals surface area contributed by atoms with Crippen molar-refractivity contribution in [1.82, 2.24) is 0 Å². The van der Waals surface area contributed by atoms with Crippen LogP contribution in [0.3, 0.4) is 0 Å². The lowest BCUT2D eigenvalue weighted by Crippen LogP contribution is -2.30. The number of rotatable bonds is 46. The second-order valence-electron chi connectivity index (χ2n) is 17.2. The summed E-state index contributed by atoms with van der Waals surface area (Å²) in [6.07, 6.45) is 85.9. The van der Waals surface area contributed by atoms with Gasteiger partial charge in [-0.15, -0.1) is 0 Å². The van der Waals surface area contributed by atoms with Crippen molar-refractivity contribution in [2.24, 2.45) is 0 Å². The Morgan fingerprint density at radius 3 is 1.06 bits per heavy atom. The van der Waals surface area contributed by atoms with E-state index < -0.39 is 6.10 Å². The third-order valence-corrected chi connectivity index (χ3v) is 10.5. The highest BCUT2D eigenvalue weighted by molar-refractivity contribution is 5.71. The van der Waals surface area contributed by atoms with Gasteiger partial charge in [-0.25, -0.2) is 0 Å². The number of unbranched alkanes of at least 4 members (excludes halogenated alkanes) is 10. The van der Waals surface area contributed by atoms with Gasteiger partial charge in [-0.05, 0) is 122 Å². The largest absolute Gasteiger partial charge is 0.462 e. The van der Waals surface area contributed by atoms with Crippen LogP contribution >= 0.6 is 0 Å². The van der Waals surface area contributed by atoms with Crippen LogP contribution in [0.15, 0.2) is 182 Å². The molecule has 0 aromatic carbocycles. The van der Waals surface area contributed by atoms with Gasteiger partial charge in [-0.1, -0.05) is 229 Å². The van der Waals surface area contributed by atoms with Crippen molar-refractivity contribution in [3.8, 4) is 0 Å². The number of esters is 3. The first-order valence-corrected chi connectivity index (χ1v) is 27.4. The molecule has 0 aliphatic carbocycles. The highest BCUT2D eigenvalue weighted by Crippen LogP contribution is 2.10. The molecule has 1 unspecified atom stereocenters. The summed E-state index contributed by atoms with van der Waals surface area (Å²) in [5, 5.41) is 0. The average molecular weight is 973 g/mol. The zero-order valence-electron chi connectivity index (χ0n) is 44.6. The third kappa shape index (κ3) is 55.3. The lowest BCUT2D eigenvalue weighted by atomic mass is 10.1. The third-order valence-electron chi connectivity index (χ3n) is 10.5. The van der Waals surface area contributed by atoms with E-state index in [1.54, 1.807) is 0 Å². The van der Waals surface area contributed by atoms with E-state index in [1.807, 2.05) is 60.8 Å². The Morgan fingerprint density at radius 1 is 0.310 bits per heavy atom. The minimum absolute atomic E-state index is 0.141. The van der Waals surface area contributed by atoms with Crippen LogP contribution in [0.2, 0.25) is 0 Å². The molecule has 0 saturated heterocycles. The molecule has 0 amide bonds. The van der Waals surface area contributed by atoms with E-state index >= 15 is 0 Å². The molecule has 0 N–H and O–H groups in total. The summed E-state index contributed by atoms with van der Waals surface area (Å²) in [4.78, 5) is 38.1. The normalized spacial score (nSPS) is 13.6. The molecule has 0 aromatic heterocycles. The second-order valence-corrected chi connectivity index (χ2v) is 17.2. The highest BCUT2D eigenvalue weighted by atomic mass is 16.6. The topological polar surface area (TPSA) is 78.9 Å². The predicted octanol–water partition coefficient (Wildman–Crippen LogP) is 18.5. The molecule has 6 nitrogen and oxygen atoms in total. The molecule has 0 rings (SSSR count). The number of hydrogen-bond donors (Lipinski definition) is 0. The summed E-state index contributed by atoms with van der Waals surface area (Å²) in [6.45, 7) is 6.21. The molecule has 0 heterocycles. The van der Waals surface area contributed by atoms with Crippen molar-refractivity contribution in [2.75, 3.05) is 13.2 Å². The molecular weight excluding hydrogens is 877 g/mol. The molecule has 0 aliphatic rings. The Morgan fingerprint density at radius 2 is 0.634 bits per heavy atom. The van der Waals surface area contributed by atoms with Crippen molar-refractivity contribution < 1.29 is 28.6 Å². The lowest BCUT2D eigenvalue weighted by molar-refractivity contribution is -0.167. The number of carbonyl (C=O) groups excluding carboxylic acids is 3. The van der Waals surface area contributed by atoms with E-state index in [-0.39, 0.29) is 50.4 Å². The minimum Gasteiger partial charge on any atom is -0.462 e. The van der Waals surface area contributed by atoms with E-state index in [0.717, 1.165) is 109 Å². The fourth-order valence-corrected chi connectivity index (χ4v) is 6.49. The van der Waals surface area contributed by atoms with Gasteiger partial charge in [0.25, 0.3) is 0 Å². The van der Waals surface area contributed by atoms with E-state index in [4.69, 9.17) is 14.2 Å². The monoisotopic (exact) mass is 973 g/mol. The molecular formula is C65H96O6. The first-order chi connectivity index (χ1) is 35.0. The van der Waals surface area contributed by atoms with Gasteiger partial charge in [0.2, 0.25) is 0 Å². The van der Waals surface area contributed by atoms with Gasteiger partial charge < -0.3 is 14.2 Å². The lowest BCUT2D eigenvalue weighted by Gasteiger charge is -2.18. The standard InChI is InChI=1S/C65H96O6/c1-4-7-10-13-16-19-22-25-28-31-32-35-37-40-43-46-49-52-55-58-64(67)70-61-62(71-65(68)59-56-53-50-47-44-41-38-34-30-27-24-21-18-15-12-9-6-3)60-69-63(66)57-54-51-48-45-42-39-36-33-29-26-23-20-17-14-11-8-5-2/h7,9-10,12,15-21,24-30,32,34-36,38-41,43-45,48,62H,4-6,8,11,13-14,22-23,31,33,37,42,46-47,49-61H2,1-3H3/b10-7-,12-9-,18-15-,19-16-,20-17-,24-21-,28-25-,29-26-,30-27-,35-32-,38-34+,39-36-,43-40-,44-41-,48-45-. The fraction of sp³-hybridized carbons (Fsp3) is 0.492. The van der Waals surface area contributed by atoms with Gasteiger partial charge in [0, 0.05) is 19.3 Å². The summed E-state index contributed by atoms with van der Waals surface area (Å²) in [6, 6.07) is 0. The Kier molecular flexibility index (Phi) is 52.7. The van der Waals surface area contributed by atoms with Crippen LogP contribution in [0.1, 0.15) is 188 Å². The molecule has 0 aliphatic heterocycles. The van der Waals surface area contributed by atoms with Crippen LogP contribution in [-0.4, -0.2) is 37.2 Å². The van der Waals surface area contributed by atoms with Crippen molar-refractivity contribution >= 4 is 17.9 Å². The molecule has 0 fully saturated rings. The quantitative estimate of drug-likeness (QED) is 0.0199. The van der Waals surface area contributed by atoms with Crippen LogP contribution in [0, 0.1) is 0 Å². The van der Waals surface area contributed by atoms with Crippen molar-refractivity contribution in [1.29, 1.82) is 0 Å². The maximum Gasteiger partial charge on any atom is 0.306 e. The van der Waals surface area contributed by atoms with E-state index in [2.05, 4.69) is 142 Å². The maximum atomic E-state index is 12.8. The van der Waals surface area contributed by atoms with Crippen LogP contribution in [0.25, 0.3) is 0 Å². The van der Waals surface area contributed by atoms with Crippen LogP contribution in [0.4, 0.5) is 0 Å². The first kappa shape index (κ1) is 65.5. The van der Waals surface area contributed by atoms with E-state index in [0.29, 0.717) is 12.8 Å².